The van der Waals surface area contributed by atoms with Crippen LogP contribution in [0.4, 0.5) is 0 Å². The van der Waals surface area contributed by atoms with Crippen LogP contribution in [-0.4, -0.2) is 23.1 Å². The van der Waals surface area contributed by atoms with Crippen LogP contribution in [-0.2, 0) is 4.79 Å². The van der Waals surface area contributed by atoms with Crippen molar-refractivity contribution in [3.8, 4) is 0 Å². The fraction of sp³-hybridized carbons (Fsp3) is 0.714. The topological polar surface area (TPSA) is 99.2 Å². The van der Waals surface area contributed by atoms with E-state index in [-0.39, 0.29) is 17.9 Å². The first-order valence-corrected chi connectivity index (χ1v) is 3.94. The Morgan fingerprint density at radius 3 is 2.75 bits per heavy atom. The smallest absolute Gasteiger partial charge is 0.308 e. The molecule has 1 unspecified atom stereocenters. The molecule has 1 fully saturated rings. The molecule has 2 atom stereocenters. The Bertz CT molecular complexity index is 205. The second-order valence-corrected chi connectivity index (χ2v) is 3.04. The second-order valence-electron chi connectivity index (χ2n) is 3.04. The maximum Gasteiger partial charge on any atom is 0.308 e. The molecule has 1 saturated carbocycles. The highest BCUT2D eigenvalue weighted by atomic mass is 16.4. The van der Waals surface area contributed by atoms with Gasteiger partial charge in [0.1, 0.15) is 0 Å². The van der Waals surface area contributed by atoms with Gasteiger partial charge in [-0.2, -0.15) is 0 Å². The second kappa shape index (κ2) is 3.42. The minimum absolute atomic E-state index is 0.145. The summed E-state index contributed by atoms with van der Waals surface area (Å²) in [7, 11) is 0. The summed E-state index contributed by atoms with van der Waals surface area (Å²) in [5.41, 5.74) is 5.11. The third-order valence-corrected chi connectivity index (χ3v) is 2.17. The molecular formula is C7H13N3O2. The summed E-state index contributed by atoms with van der Waals surface area (Å²) in [5, 5.41) is 18.4. The third kappa shape index (κ3) is 1.87. The fourth-order valence-corrected chi connectivity index (χ4v) is 1.63. The number of carboxylic acids is 1. The summed E-state index contributed by atoms with van der Waals surface area (Å²) < 4.78 is 0. The summed E-state index contributed by atoms with van der Waals surface area (Å²) in [5.74, 6) is -1.33. The molecule has 0 heterocycles. The van der Waals surface area contributed by atoms with E-state index in [4.69, 9.17) is 16.2 Å². The first kappa shape index (κ1) is 8.83. The molecule has 0 amide bonds. The Morgan fingerprint density at radius 1 is 1.58 bits per heavy atom. The molecule has 0 bridgehead atoms. The van der Waals surface area contributed by atoms with Crippen molar-refractivity contribution in [2.75, 3.05) is 0 Å². The van der Waals surface area contributed by atoms with Gasteiger partial charge in [-0.25, -0.2) is 0 Å². The van der Waals surface area contributed by atoms with Crippen molar-refractivity contribution < 1.29 is 9.90 Å². The molecule has 5 N–H and O–H groups in total. The lowest BCUT2D eigenvalue weighted by atomic mass is 10.0. The van der Waals surface area contributed by atoms with Gasteiger partial charge in [0, 0.05) is 6.04 Å². The maximum atomic E-state index is 10.6. The molecule has 12 heavy (non-hydrogen) atoms. The number of aliphatic carboxylic acids is 1. The highest BCUT2D eigenvalue weighted by Gasteiger charge is 2.32. The SMILES string of the molecule is N=C(N)NC1CCC[C@H]1C(=O)O. The van der Waals surface area contributed by atoms with Crippen molar-refractivity contribution in [2.24, 2.45) is 11.7 Å². The normalized spacial score (nSPS) is 28.3. The van der Waals surface area contributed by atoms with Gasteiger partial charge in [-0.05, 0) is 12.8 Å². The van der Waals surface area contributed by atoms with Gasteiger partial charge in [0.2, 0.25) is 0 Å². The molecule has 0 aromatic heterocycles. The van der Waals surface area contributed by atoms with E-state index in [9.17, 15) is 4.79 Å². The van der Waals surface area contributed by atoms with E-state index in [2.05, 4.69) is 5.32 Å². The first-order valence-electron chi connectivity index (χ1n) is 3.94. The van der Waals surface area contributed by atoms with E-state index < -0.39 is 5.97 Å². The number of nitrogens with two attached hydrogens (primary N) is 1. The largest absolute Gasteiger partial charge is 0.481 e. The zero-order valence-electron chi connectivity index (χ0n) is 6.71. The predicted molar refractivity (Wildman–Crippen MR) is 43.8 cm³/mol. The van der Waals surface area contributed by atoms with Crippen molar-refractivity contribution in [2.45, 2.75) is 25.3 Å². The van der Waals surface area contributed by atoms with Gasteiger partial charge in [0.05, 0.1) is 5.92 Å². The standard InChI is InChI=1S/C7H13N3O2/c8-7(9)10-5-3-1-2-4(5)6(11)12/h4-5H,1-3H2,(H,11,12)(H4,8,9,10)/t4-,5?/m1/s1. The number of hydrogen-bond acceptors (Lipinski definition) is 2. The molecule has 0 aliphatic heterocycles. The van der Waals surface area contributed by atoms with Crippen molar-refractivity contribution in [3.63, 3.8) is 0 Å². The third-order valence-electron chi connectivity index (χ3n) is 2.17. The number of carbonyl (C=O) groups is 1. The van der Waals surface area contributed by atoms with Gasteiger partial charge in [0.25, 0.3) is 0 Å². The van der Waals surface area contributed by atoms with Crippen LogP contribution in [0.2, 0.25) is 0 Å². The average Bonchev–Trinajstić information content (AvgIpc) is 2.33. The summed E-state index contributed by atoms with van der Waals surface area (Å²) in [6, 6.07) is -0.153. The van der Waals surface area contributed by atoms with E-state index in [1.165, 1.54) is 0 Å². The molecule has 1 aliphatic carbocycles. The molecule has 5 heteroatoms. The van der Waals surface area contributed by atoms with E-state index >= 15 is 0 Å². The zero-order valence-corrected chi connectivity index (χ0v) is 6.71. The first-order chi connectivity index (χ1) is 5.61. The van der Waals surface area contributed by atoms with Gasteiger partial charge in [-0.3, -0.25) is 10.2 Å². The summed E-state index contributed by atoms with van der Waals surface area (Å²) >= 11 is 0. The molecule has 68 valence electrons. The van der Waals surface area contributed by atoms with Gasteiger partial charge in [-0.15, -0.1) is 0 Å². The van der Waals surface area contributed by atoms with E-state index in [1.807, 2.05) is 0 Å². The minimum atomic E-state index is -0.800. The summed E-state index contributed by atoms with van der Waals surface area (Å²) in [6.07, 6.45) is 2.36. The quantitative estimate of drug-likeness (QED) is 0.339. The van der Waals surface area contributed by atoms with Crippen LogP contribution in [0.3, 0.4) is 0 Å². The van der Waals surface area contributed by atoms with Crippen LogP contribution < -0.4 is 11.1 Å². The lowest BCUT2D eigenvalue weighted by Gasteiger charge is -2.16. The highest BCUT2D eigenvalue weighted by Crippen LogP contribution is 2.25. The average molecular weight is 171 g/mol. The van der Waals surface area contributed by atoms with E-state index in [0.717, 1.165) is 12.8 Å². The predicted octanol–water partition coefficient (Wildman–Crippen LogP) is -0.277. The van der Waals surface area contributed by atoms with Gasteiger partial charge in [0.15, 0.2) is 5.96 Å². The van der Waals surface area contributed by atoms with Gasteiger partial charge >= 0.3 is 5.97 Å². The van der Waals surface area contributed by atoms with Crippen molar-refractivity contribution >= 4 is 11.9 Å². The monoisotopic (exact) mass is 171 g/mol. The molecular weight excluding hydrogens is 158 g/mol. The molecule has 0 aromatic carbocycles. The van der Waals surface area contributed by atoms with Crippen LogP contribution in [0, 0.1) is 11.3 Å². The molecule has 0 saturated heterocycles. The molecule has 0 spiro atoms. The molecule has 5 nitrogen and oxygen atoms in total. The van der Waals surface area contributed by atoms with Gasteiger partial charge in [-0.1, -0.05) is 6.42 Å². The number of guanidine groups is 1. The Morgan fingerprint density at radius 2 is 2.25 bits per heavy atom. The number of carboxylic acid groups (broad SMARTS) is 1. The van der Waals surface area contributed by atoms with Crippen LogP contribution in [0.15, 0.2) is 0 Å². The van der Waals surface area contributed by atoms with E-state index in [1.54, 1.807) is 0 Å². The fourth-order valence-electron chi connectivity index (χ4n) is 1.63. The molecule has 1 aliphatic rings. The van der Waals surface area contributed by atoms with Crippen molar-refractivity contribution in [3.05, 3.63) is 0 Å². The minimum Gasteiger partial charge on any atom is -0.481 e. The molecule has 0 aromatic rings. The number of hydrogen-bond donors (Lipinski definition) is 4. The van der Waals surface area contributed by atoms with Crippen LogP contribution in [0.1, 0.15) is 19.3 Å². The molecule has 0 radical (unpaired) electrons. The Balaban J connectivity index is 2.52. The highest BCUT2D eigenvalue weighted by molar-refractivity contribution is 5.77. The Kier molecular flexibility index (Phi) is 2.52. The van der Waals surface area contributed by atoms with Crippen LogP contribution >= 0.6 is 0 Å². The Labute approximate surface area is 70.5 Å². The van der Waals surface area contributed by atoms with Crippen LogP contribution in [0.25, 0.3) is 0 Å². The lowest BCUT2D eigenvalue weighted by molar-refractivity contribution is -0.142. The van der Waals surface area contributed by atoms with Gasteiger partial charge < -0.3 is 16.2 Å². The number of rotatable bonds is 2. The lowest BCUT2D eigenvalue weighted by Crippen LogP contribution is -2.43. The number of nitrogens with one attached hydrogen (secondary N) is 2. The van der Waals surface area contributed by atoms with Crippen molar-refractivity contribution in [1.82, 2.24) is 5.32 Å². The van der Waals surface area contributed by atoms with Crippen LogP contribution in [0.5, 0.6) is 0 Å². The maximum absolute atomic E-state index is 10.6. The Hall–Kier alpha value is -1.26. The van der Waals surface area contributed by atoms with E-state index in [0.29, 0.717) is 6.42 Å². The van der Waals surface area contributed by atoms with Crippen molar-refractivity contribution in [1.29, 1.82) is 5.41 Å². The molecule has 1 rings (SSSR count). The summed E-state index contributed by atoms with van der Waals surface area (Å²) in [6.45, 7) is 0. The zero-order chi connectivity index (χ0) is 9.14. The summed E-state index contributed by atoms with van der Waals surface area (Å²) in [4.78, 5) is 10.6.